The molecular formula is C23H22N2O6S2. The van der Waals surface area contributed by atoms with E-state index in [1.165, 1.54) is 18.3 Å². The molecule has 2 aliphatic carbocycles. The van der Waals surface area contributed by atoms with Gasteiger partial charge in [0.15, 0.2) is 0 Å². The van der Waals surface area contributed by atoms with Gasteiger partial charge in [-0.05, 0) is 37.2 Å². The van der Waals surface area contributed by atoms with Crippen LogP contribution in [0.15, 0.2) is 34.1 Å². The number of ether oxygens (including phenoxy) is 1. The minimum absolute atomic E-state index is 0.0359. The third-order valence-electron chi connectivity index (χ3n) is 7.98. The molecule has 2 bridgehead atoms. The second-order valence-electron chi connectivity index (χ2n) is 9.26. The molecule has 0 radical (unpaired) electrons. The number of rotatable bonds is 4. The molecule has 8 atom stereocenters. The molecule has 1 aromatic carbocycles. The van der Waals surface area contributed by atoms with Gasteiger partial charge in [0.05, 0.1) is 24.0 Å². The summed E-state index contributed by atoms with van der Waals surface area (Å²) in [6.45, 7) is 1.39. The van der Waals surface area contributed by atoms with E-state index in [-0.39, 0.29) is 45.6 Å². The fraction of sp³-hybridized carbons (Fsp3) is 0.478. The number of methoxy groups -OCH3 is 1. The Morgan fingerprint density at radius 1 is 1.18 bits per heavy atom. The number of aliphatic carboxylic acids is 1. The first kappa shape index (κ1) is 21.0. The van der Waals surface area contributed by atoms with Gasteiger partial charge < -0.3 is 14.8 Å². The maximum atomic E-state index is 13.4. The zero-order chi connectivity index (χ0) is 23.2. The predicted octanol–water partition coefficient (Wildman–Crippen LogP) is 2.39. The number of thiazole rings is 1. The second kappa shape index (κ2) is 7.20. The van der Waals surface area contributed by atoms with E-state index in [2.05, 4.69) is 4.98 Å². The Morgan fingerprint density at radius 3 is 2.58 bits per heavy atom. The number of nitrogens with one attached hydrogen (secondary N) is 1. The number of aromatic amines is 1. The molecule has 4 aliphatic rings. The molecule has 10 heteroatoms. The van der Waals surface area contributed by atoms with E-state index in [4.69, 9.17) is 4.74 Å². The lowest BCUT2D eigenvalue weighted by Crippen LogP contribution is -2.44. The standard InChI is InChI=1S/C23H22N2O6S2/c1-8(22(28)29)25-20(26)15-10-7-11(16(15)21(25)27)17-14(10)13(9-5-3-4-6-12(9)31-2)18-19(32-17)24-23(30)33-18/h3-6,8,10-11,13-17H,7H2,1-2H3,(H,24,30)(H,28,29)/t8-,10-,11+,13+,14-,15+,16-,17-/m1/s1. The van der Waals surface area contributed by atoms with Crippen LogP contribution in [0.2, 0.25) is 0 Å². The van der Waals surface area contributed by atoms with E-state index < -0.39 is 23.8 Å². The van der Waals surface area contributed by atoms with Crippen LogP contribution < -0.4 is 9.61 Å². The van der Waals surface area contributed by atoms with Crippen LogP contribution >= 0.6 is 23.1 Å². The summed E-state index contributed by atoms with van der Waals surface area (Å²) in [5, 5.41) is 10.4. The SMILES string of the molecule is COc1ccccc1[C@@H]1c2sc(=O)[nH]c2S[C@@H]2[C@H]3C[C@@H]([C@@H]4C(=O)N([C@H](C)C(=O)O)C(=O)[C@H]34)[C@H]12. The highest BCUT2D eigenvalue weighted by Gasteiger charge is 2.70. The number of carboxylic acids is 1. The number of carbonyl (C=O) groups excluding carboxylic acids is 2. The Morgan fingerprint density at radius 2 is 1.88 bits per heavy atom. The van der Waals surface area contributed by atoms with Crippen LogP contribution in [-0.2, 0) is 14.4 Å². The molecule has 172 valence electrons. The highest BCUT2D eigenvalue weighted by atomic mass is 32.2. The van der Waals surface area contributed by atoms with E-state index in [0.717, 1.165) is 32.5 Å². The van der Waals surface area contributed by atoms with Crippen LogP contribution in [0.1, 0.15) is 29.7 Å². The molecule has 2 amide bonds. The number of amides is 2. The summed E-state index contributed by atoms with van der Waals surface area (Å²) >= 11 is 2.80. The number of imide groups is 1. The molecule has 1 aromatic heterocycles. The maximum Gasteiger partial charge on any atom is 0.326 e. The van der Waals surface area contributed by atoms with Gasteiger partial charge in [-0.15, -0.1) is 11.8 Å². The number of hydrogen-bond donors (Lipinski definition) is 2. The molecule has 6 rings (SSSR count). The van der Waals surface area contributed by atoms with Gasteiger partial charge in [-0.25, -0.2) is 4.79 Å². The van der Waals surface area contributed by atoms with Crippen molar-refractivity contribution in [1.29, 1.82) is 0 Å². The summed E-state index contributed by atoms with van der Waals surface area (Å²) in [7, 11) is 1.62. The predicted molar refractivity (Wildman–Crippen MR) is 120 cm³/mol. The zero-order valence-corrected chi connectivity index (χ0v) is 19.5. The van der Waals surface area contributed by atoms with Crippen LogP contribution in [-0.4, -0.2) is 51.2 Å². The smallest absolute Gasteiger partial charge is 0.326 e. The zero-order valence-electron chi connectivity index (χ0n) is 17.9. The monoisotopic (exact) mass is 486 g/mol. The topological polar surface area (TPSA) is 117 Å². The molecule has 8 nitrogen and oxygen atoms in total. The first-order valence-corrected chi connectivity index (χ1v) is 12.7. The van der Waals surface area contributed by atoms with Crippen molar-refractivity contribution in [3.63, 3.8) is 0 Å². The lowest BCUT2D eigenvalue weighted by Gasteiger charge is -2.43. The number of benzene rings is 1. The molecule has 3 heterocycles. The fourth-order valence-electron chi connectivity index (χ4n) is 6.80. The number of carboxylic acid groups (broad SMARTS) is 1. The number of thioether (sulfide) groups is 1. The number of para-hydroxylation sites is 1. The van der Waals surface area contributed by atoms with Crippen molar-refractivity contribution in [1.82, 2.24) is 9.88 Å². The summed E-state index contributed by atoms with van der Waals surface area (Å²) in [4.78, 5) is 55.3. The van der Waals surface area contributed by atoms with Crippen molar-refractivity contribution in [2.75, 3.05) is 7.11 Å². The van der Waals surface area contributed by atoms with Gasteiger partial charge in [0.25, 0.3) is 0 Å². The number of fused-ring (bicyclic) bond motifs is 9. The molecular weight excluding hydrogens is 464 g/mol. The maximum absolute atomic E-state index is 13.4. The summed E-state index contributed by atoms with van der Waals surface area (Å²) in [5.74, 6) is -2.32. The van der Waals surface area contributed by atoms with Crippen molar-refractivity contribution in [2.24, 2.45) is 29.6 Å². The molecule has 2 saturated carbocycles. The van der Waals surface area contributed by atoms with Crippen molar-refractivity contribution in [2.45, 2.75) is 35.6 Å². The Balaban J connectivity index is 1.47. The first-order chi connectivity index (χ1) is 15.8. The van der Waals surface area contributed by atoms with Crippen LogP contribution in [0.4, 0.5) is 0 Å². The van der Waals surface area contributed by atoms with Gasteiger partial charge in [0.1, 0.15) is 11.8 Å². The summed E-state index contributed by atoms with van der Waals surface area (Å²) in [6, 6.07) is 6.58. The van der Waals surface area contributed by atoms with Crippen molar-refractivity contribution >= 4 is 40.9 Å². The van der Waals surface area contributed by atoms with Gasteiger partial charge in [-0.1, -0.05) is 29.5 Å². The molecule has 1 saturated heterocycles. The Bertz CT molecular complexity index is 1250. The van der Waals surface area contributed by atoms with E-state index in [0.29, 0.717) is 0 Å². The van der Waals surface area contributed by atoms with Crippen molar-refractivity contribution in [3.8, 4) is 5.75 Å². The molecule has 3 fully saturated rings. The number of aromatic nitrogens is 1. The fourth-order valence-corrected chi connectivity index (χ4v) is 9.68. The van der Waals surface area contributed by atoms with Gasteiger partial charge in [0, 0.05) is 21.6 Å². The number of likely N-dealkylation sites (tertiary alicyclic amines) is 1. The quantitative estimate of drug-likeness (QED) is 0.638. The van der Waals surface area contributed by atoms with E-state index in [1.807, 2.05) is 24.3 Å². The number of hydrogen-bond acceptors (Lipinski definition) is 7. The number of nitrogens with zero attached hydrogens (tertiary/aromatic N) is 1. The molecule has 2 aliphatic heterocycles. The third-order valence-corrected chi connectivity index (χ3v) is 10.6. The summed E-state index contributed by atoms with van der Waals surface area (Å²) in [5.41, 5.74) is 0.975. The largest absolute Gasteiger partial charge is 0.496 e. The average molecular weight is 487 g/mol. The summed E-state index contributed by atoms with van der Waals surface area (Å²) < 4.78 is 5.66. The van der Waals surface area contributed by atoms with Crippen LogP contribution in [0, 0.1) is 29.6 Å². The second-order valence-corrected chi connectivity index (χ2v) is 11.5. The molecule has 33 heavy (non-hydrogen) atoms. The Labute approximate surface area is 197 Å². The average Bonchev–Trinajstić information content (AvgIpc) is 3.52. The normalized spacial score (nSPS) is 34.7. The lowest BCUT2D eigenvalue weighted by molar-refractivity contribution is -0.154. The van der Waals surface area contributed by atoms with E-state index in [1.54, 1.807) is 18.9 Å². The lowest BCUT2D eigenvalue weighted by atomic mass is 9.68. The minimum atomic E-state index is -1.18. The van der Waals surface area contributed by atoms with Crippen molar-refractivity contribution in [3.05, 3.63) is 44.4 Å². The van der Waals surface area contributed by atoms with Crippen LogP contribution in [0.5, 0.6) is 5.75 Å². The first-order valence-electron chi connectivity index (χ1n) is 11.0. The van der Waals surface area contributed by atoms with Gasteiger partial charge >= 0.3 is 10.8 Å². The van der Waals surface area contributed by atoms with Gasteiger partial charge in [0.2, 0.25) is 11.8 Å². The summed E-state index contributed by atoms with van der Waals surface area (Å²) in [6.07, 6.45) is 0.759. The van der Waals surface area contributed by atoms with Gasteiger partial charge in [-0.3, -0.25) is 19.3 Å². The number of H-pyrrole nitrogens is 1. The van der Waals surface area contributed by atoms with E-state index >= 15 is 0 Å². The van der Waals surface area contributed by atoms with Crippen LogP contribution in [0.25, 0.3) is 0 Å². The highest BCUT2D eigenvalue weighted by Crippen LogP contribution is 2.69. The van der Waals surface area contributed by atoms with Crippen molar-refractivity contribution < 1.29 is 24.2 Å². The van der Waals surface area contributed by atoms with Crippen LogP contribution in [0.3, 0.4) is 0 Å². The molecule has 0 spiro atoms. The van der Waals surface area contributed by atoms with E-state index in [9.17, 15) is 24.3 Å². The Hall–Kier alpha value is -2.59. The molecule has 2 aromatic rings. The molecule has 0 unspecified atom stereocenters. The highest BCUT2D eigenvalue weighted by molar-refractivity contribution is 8.00. The Kier molecular flexibility index (Phi) is 4.58. The number of carbonyl (C=O) groups is 3. The minimum Gasteiger partial charge on any atom is -0.496 e. The molecule has 2 N–H and O–H groups in total. The van der Waals surface area contributed by atoms with Gasteiger partial charge in [-0.2, -0.15) is 0 Å². The third kappa shape index (κ3) is 2.70.